The highest BCUT2D eigenvalue weighted by atomic mass is 127. The minimum absolute atomic E-state index is 0. The van der Waals surface area contributed by atoms with E-state index in [4.69, 9.17) is 9.47 Å². The summed E-state index contributed by atoms with van der Waals surface area (Å²) < 4.78 is 11.7. The van der Waals surface area contributed by atoms with Gasteiger partial charge in [-0.2, -0.15) is 0 Å². The molecule has 1 saturated heterocycles. The molecule has 8 heteroatoms. The predicted molar refractivity (Wildman–Crippen MR) is 139 cm³/mol. The lowest BCUT2D eigenvalue weighted by atomic mass is 10.2. The third-order valence-electron chi connectivity index (χ3n) is 5.65. The smallest absolute Gasteiger partial charge is 0.191 e. The average Bonchev–Trinajstić information content (AvgIpc) is 3.63. The van der Waals surface area contributed by atoms with E-state index in [1.807, 2.05) is 30.5 Å². The molecule has 1 atom stereocenters. The van der Waals surface area contributed by atoms with E-state index < -0.39 is 0 Å². The summed E-state index contributed by atoms with van der Waals surface area (Å²) in [6, 6.07) is 12.4. The van der Waals surface area contributed by atoms with E-state index in [9.17, 15) is 0 Å². The molecule has 2 fully saturated rings. The lowest BCUT2D eigenvalue weighted by Gasteiger charge is -2.32. The van der Waals surface area contributed by atoms with Crippen LogP contribution in [0.4, 0.5) is 5.82 Å². The molecular weight excluding hydrogens is 517 g/mol. The number of nitrogens with zero attached hydrogens (tertiary/aromatic N) is 3. The molecule has 1 aliphatic carbocycles. The molecule has 32 heavy (non-hydrogen) atoms. The first-order valence-corrected chi connectivity index (χ1v) is 11.2. The molecule has 2 heterocycles. The van der Waals surface area contributed by atoms with Crippen LogP contribution in [0.2, 0.25) is 0 Å². The molecule has 2 aromatic rings. The Morgan fingerprint density at radius 3 is 2.81 bits per heavy atom. The first kappa shape index (κ1) is 24.6. The van der Waals surface area contributed by atoms with Crippen molar-refractivity contribution in [2.45, 2.75) is 39.0 Å². The fraction of sp³-hybridized carbons (Fsp3) is 0.500. The lowest BCUT2D eigenvalue weighted by molar-refractivity contribution is 0.0529. The Morgan fingerprint density at radius 2 is 2.03 bits per heavy atom. The van der Waals surface area contributed by atoms with Gasteiger partial charge in [-0.15, -0.1) is 24.0 Å². The van der Waals surface area contributed by atoms with Crippen LogP contribution < -0.4 is 20.3 Å². The Labute approximate surface area is 208 Å². The van der Waals surface area contributed by atoms with Gasteiger partial charge < -0.3 is 25.0 Å². The van der Waals surface area contributed by atoms with Gasteiger partial charge in [-0.05, 0) is 49.4 Å². The van der Waals surface area contributed by atoms with Gasteiger partial charge in [0.2, 0.25) is 0 Å². The van der Waals surface area contributed by atoms with E-state index in [0.717, 1.165) is 55.3 Å². The molecule has 0 spiro atoms. The maximum atomic E-state index is 6.01. The van der Waals surface area contributed by atoms with Crippen molar-refractivity contribution in [3.05, 3.63) is 53.7 Å². The van der Waals surface area contributed by atoms with E-state index in [1.165, 1.54) is 18.4 Å². The zero-order valence-corrected chi connectivity index (χ0v) is 21.2. The van der Waals surface area contributed by atoms with Gasteiger partial charge in [-0.1, -0.05) is 18.2 Å². The second-order valence-electron chi connectivity index (χ2n) is 8.29. The highest BCUT2D eigenvalue weighted by Crippen LogP contribution is 2.30. The second kappa shape index (κ2) is 12.2. The van der Waals surface area contributed by atoms with Crippen molar-refractivity contribution in [3.63, 3.8) is 0 Å². The SMILES string of the molecule is CN=C(NCc1ccnc(N2CCOC(C)C2)c1)NCc1ccccc1OCC1CC1.I. The molecule has 1 saturated carbocycles. The normalized spacial score (nSPS) is 18.6. The molecular formula is C24H34IN5O2. The monoisotopic (exact) mass is 551 g/mol. The number of nitrogens with one attached hydrogen (secondary N) is 2. The molecule has 7 nitrogen and oxygen atoms in total. The van der Waals surface area contributed by atoms with Gasteiger partial charge in [0.05, 0.1) is 19.3 Å². The number of aliphatic imine (C=N–C) groups is 1. The fourth-order valence-electron chi connectivity index (χ4n) is 3.64. The van der Waals surface area contributed by atoms with E-state index in [1.54, 1.807) is 7.05 Å². The number of aromatic nitrogens is 1. The molecule has 1 aromatic carbocycles. The standard InChI is InChI=1S/C24H33N5O2.HI/c1-18-16-29(11-12-30-18)23-13-20(9-10-26-23)14-27-24(25-2)28-15-21-5-3-4-6-22(21)31-17-19-7-8-19;/h3-6,9-10,13,18-19H,7-8,11-12,14-17H2,1-2H3,(H2,25,27,28);1H. The van der Waals surface area contributed by atoms with E-state index in [2.05, 4.69) is 44.6 Å². The minimum atomic E-state index is 0. The van der Waals surface area contributed by atoms with Gasteiger partial charge in [0, 0.05) is 45.0 Å². The van der Waals surface area contributed by atoms with Crippen LogP contribution in [0.15, 0.2) is 47.6 Å². The molecule has 0 amide bonds. The summed E-state index contributed by atoms with van der Waals surface area (Å²) in [5, 5.41) is 6.80. The Morgan fingerprint density at radius 1 is 1.22 bits per heavy atom. The topological polar surface area (TPSA) is 71.0 Å². The lowest BCUT2D eigenvalue weighted by Crippen LogP contribution is -2.41. The number of hydrogen-bond donors (Lipinski definition) is 2. The van der Waals surface area contributed by atoms with Gasteiger partial charge in [0.25, 0.3) is 0 Å². The Kier molecular flexibility index (Phi) is 9.40. The fourth-order valence-corrected chi connectivity index (χ4v) is 3.64. The molecule has 4 rings (SSSR count). The van der Waals surface area contributed by atoms with Crippen molar-refractivity contribution in [2.75, 3.05) is 38.3 Å². The van der Waals surface area contributed by atoms with Crippen LogP contribution in [-0.2, 0) is 17.8 Å². The number of benzene rings is 1. The third kappa shape index (κ3) is 7.23. The first-order chi connectivity index (χ1) is 15.2. The number of rotatable bonds is 8. The predicted octanol–water partition coefficient (Wildman–Crippen LogP) is 3.58. The van der Waals surface area contributed by atoms with Crippen LogP contribution in [0.1, 0.15) is 30.9 Å². The highest BCUT2D eigenvalue weighted by Gasteiger charge is 2.22. The van der Waals surface area contributed by atoms with Crippen LogP contribution in [0.25, 0.3) is 0 Å². The Hall–Kier alpha value is -2.07. The summed E-state index contributed by atoms with van der Waals surface area (Å²) >= 11 is 0. The zero-order valence-electron chi connectivity index (χ0n) is 18.9. The summed E-state index contributed by atoms with van der Waals surface area (Å²) in [4.78, 5) is 11.2. The summed E-state index contributed by atoms with van der Waals surface area (Å²) in [5.74, 6) is 3.45. The largest absolute Gasteiger partial charge is 0.493 e. The number of morpholine rings is 1. The van der Waals surface area contributed by atoms with Crippen LogP contribution >= 0.6 is 24.0 Å². The van der Waals surface area contributed by atoms with Crippen molar-refractivity contribution in [2.24, 2.45) is 10.9 Å². The molecule has 1 aromatic heterocycles. The second-order valence-corrected chi connectivity index (χ2v) is 8.29. The third-order valence-corrected chi connectivity index (χ3v) is 5.65. The summed E-state index contributed by atoms with van der Waals surface area (Å²) in [6.45, 7) is 6.74. The van der Waals surface area contributed by atoms with E-state index in [0.29, 0.717) is 13.1 Å². The molecule has 0 bridgehead atoms. The number of ether oxygens (including phenoxy) is 2. The first-order valence-electron chi connectivity index (χ1n) is 11.2. The number of pyridine rings is 1. The summed E-state index contributed by atoms with van der Waals surface area (Å²) in [7, 11) is 1.79. The molecule has 2 aliphatic rings. The highest BCUT2D eigenvalue weighted by molar-refractivity contribution is 14.0. The average molecular weight is 551 g/mol. The number of halogens is 1. The van der Waals surface area contributed by atoms with Gasteiger partial charge in [-0.25, -0.2) is 4.98 Å². The van der Waals surface area contributed by atoms with Crippen molar-refractivity contribution >= 4 is 35.8 Å². The molecule has 0 radical (unpaired) electrons. The maximum absolute atomic E-state index is 6.01. The van der Waals surface area contributed by atoms with Crippen LogP contribution in [-0.4, -0.2) is 50.4 Å². The number of hydrogen-bond acceptors (Lipinski definition) is 5. The molecule has 1 aliphatic heterocycles. The van der Waals surface area contributed by atoms with Gasteiger partial charge in [0.15, 0.2) is 5.96 Å². The van der Waals surface area contributed by atoms with E-state index in [-0.39, 0.29) is 30.1 Å². The van der Waals surface area contributed by atoms with Gasteiger partial charge in [0.1, 0.15) is 11.6 Å². The van der Waals surface area contributed by atoms with Crippen LogP contribution in [0.5, 0.6) is 5.75 Å². The zero-order chi connectivity index (χ0) is 21.5. The number of para-hydroxylation sites is 1. The van der Waals surface area contributed by atoms with Gasteiger partial charge >= 0.3 is 0 Å². The Bertz CT molecular complexity index is 890. The van der Waals surface area contributed by atoms with Gasteiger partial charge in [-0.3, -0.25) is 4.99 Å². The maximum Gasteiger partial charge on any atom is 0.191 e. The van der Waals surface area contributed by atoms with Crippen LogP contribution in [0, 0.1) is 5.92 Å². The molecule has 1 unspecified atom stereocenters. The van der Waals surface area contributed by atoms with E-state index >= 15 is 0 Å². The number of guanidine groups is 1. The van der Waals surface area contributed by atoms with Crippen molar-refractivity contribution in [1.82, 2.24) is 15.6 Å². The molecule has 174 valence electrons. The van der Waals surface area contributed by atoms with Crippen molar-refractivity contribution < 1.29 is 9.47 Å². The quantitative estimate of drug-likeness (QED) is 0.297. The van der Waals surface area contributed by atoms with Crippen LogP contribution in [0.3, 0.4) is 0 Å². The number of anilines is 1. The molecule has 2 N–H and O–H groups in total. The van der Waals surface area contributed by atoms with Crippen molar-refractivity contribution in [1.29, 1.82) is 0 Å². The van der Waals surface area contributed by atoms with Crippen molar-refractivity contribution in [3.8, 4) is 5.75 Å². The Balaban J connectivity index is 0.00000289. The summed E-state index contributed by atoms with van der Waals surface area (Å²) in [5.41, 5.74) is 2.30. The minimum Gasteiger partial charge on any atom is -0.493 e. The summed E-state index contributed by atoms with van der Waals surface area (Å²) in [6.07, 6.45) is 4.68.